The molecule has 0 fully saturated rings. The maximum Gasteiger partial charge on any atom is 0.374 e. The van der Waals surface area contributed by atoms with Gasteiger partial charge in [-0.25, -0.2) is 9.31 Å². The molecule has 0 aliphatic carbocycles. The van der Waals surface area contributed by atoms with Crippen LogP contribution in [0.3, 0.4) is 0 Å². The molecule has 3 aromatic rings. The van der Waals surface area contributed by atoms with Crippen molar-refractivity contribution in [2.75, 3.05) is 0 Å². The third-order valence-electron chi connectivity index (χ3n) is 3.20. The molecular formula is C14H12N4O4. The largest absolute Gasteiger partial charge is 0.475 e. The first kappa shape index (κ1) is 13.8. The SMILES string of the molecule is CC(NC(=O)c1cnn2ccccc12)c1cc(C(=O)O)on1. The van der Waals surface area contributed by atoms with Gasteiger partial charge in [0.2, 0.25) is 5.76 Å². The highest BCUT2D eigenvalue weighted by Crippen LogP contribution is 2.15. The molecule has 0 aliphatic rings. The lowest BCUT2D eigenvalue weighted by molar-refractivity contribution is 0.0651. The highest BCUT2D eigenvalue weighted by Gasteiger charge is 2.19. The third-order valence-corrected chi connectivity index (χ3v) is 3.20. The number of aromatic carboxylic acids is 1. The van der Waals surface area contributed by atoms with Gasteiger partial charge < -0.3 is 14.9 Å². The third kappa shape index (κ3) is 2.41. The number of carboxylic acids is 1. The van der Waals surface area contributed by atoms with Crippen LogP contribution in [0.2, 0.25) is 0 Å². The number of rotatable bonds is 4. The second-order valence-corrected chi connectivity index (χ2v) is 4.71. The van der Waals surface area contributed by atoms with Crippen LogP contribution in [0.4, 0.5) is 0 Å². The van der Waals surface area contributed by atoms with E-state index in [2.05, 4.69) is 20.1 Å². The summed E-state index contributed by atoms with van der Waals surface area (Å²) in [5.74, 6) is -1.81. The van der Waals surface area contributed by atoms with Crippen molar-refractivity contribution in [3.8, 4) is 0 Å². The molecule has 0 spiro atoms. The number of amides is 1. The zero-order valence-corrected chi connectivity index (χ0v) is 11.6. The Bertz CT molecular complexity index is 851. The average Bonchev–Trinajstić information content (AvgIpc) is 3.14. The molecule has 0 saturated carbocycles. The van der Waals surface area contributed by atoms with Crippen molar-refractivity contribution < 1.29 is 19.2 Å². The zero-order valence-electron chi connectivity index (χ0n) is 11.6. The van der Waals surface area contributed by atoms with E-state index in [1.807, 2.05) is 12.1 Å². The standard InChI is InChI=1S/C14H12N4O4/c1-8(10-6-12(14(20)21)22-17-10)16-13(19)9-7-15-18-5-3-2-4-11(9)18/h2-8H,1H3,(H,16,19)(H,20,21). The van der Waals surface area contributed by atoms with Gasteiger partial charge in [0, 0.05) is 12.3 Å². The second kappa shape index (κ2) is 5.32. The van der Waals surface area contributed by atoms with Crippen molar-refractivity contribution in [1.29, 1.82) is 0 Å². The first-order chi connectivity index (χ1) is 10.6. The summed E-state index contributed by atoms with van der Waals surface area (Å²) in [6, 6.07) is 6.19. The summed E-state index contributed by atoms with van der Waals surface area (Å²) in [7, 11) is 0. The average molecular weight is 300 g/mol. The maximum absolute atomic E-state index is 12.3. The van der Waals surface area contributed by atoms with Crippen LogP contribution in [0.5, 0.6) is 0 Å². The number of nitrogens with one attached hydrogen (secondary N) is 1. The number of carboxylic acid groups (broad SMARTS) is 1. The Morgan fingerprint density at radius 1 is 1.41 bits per heavy atom. The monoisotopic (exact) mass is 300 g/mol. The number of hydrogen-bond donors (Lipinski definition) is 2. The number of fused-ring (bicyclic) bond motifs is 1. The molecule has 22 heavy (non-hydrogen) atoms. The minimum atomic E-state index is -1.21. The molecule has 0 aromatic carbocycles. The van der Waals surface area contributed by atoms with Crippen molar-refractivity contribution in [1.82, 2.24) is 20.1 Å². The van der Waals surface area contributed by atoms with E-state index in [9.17, 15) is 9.59 Å². The van der Waals surface area contributed by atoms with Crippen LogP contribution in [0.15, 0.2) is 41.2 Å². The van der Waals surface area contributed by atoms with E-state index < -0.39 is 12.0 Å². The van der Waals surface area contributed by atoms with Gasteiger partial charge >= 0.3 is 5.97 Å². The van der Waals surface area contributed by atoms with Crippen LogP contribution in [0.1, 0.15) is 39.6 Å². The van der Waals surface area contributed by atoms with Gasteiger partial charge in [-0.15, -0.1) is 0 Å². The van der Waals surface area contributed by atoms with Gasteiger partial charge in [-0.2, -0.15) is 5.10 Å². The Balaban J connectivity index is 1.79. The van der Waals surface area contributed by atoms with Crippen molar-refractivity contribution in [2.24, 2.45) is 0 Å². The number of carbonyl (C=O) groups is 2. The Hall–Kier alpha value is -3.16. The molecule has 3 heterocycles. The van der Waals surface area contributed by atoms with Gasteiger partial charge in [-0.3, -0.25) is 4.79 Å². The van der Waals surface area contributed by atoms with E-state index in [1.54, 1.807) is 23.7 Å². The van der Waals surface area contributed by atoms with Crippen LogP contribution in [-0.4, -0.2) is 31.8 Å². The lowest BCUT2D eigenvalue weighted by Gasteiger charge is -2.09. The van der Waals surface area contributed by atoms with E-state index in [0.717, 1.165) is 0 Å². The second-order valence-electron chi connectivity index (χ2n) is 4.71. The number of pyridine rings is 1. The zero-order chi connectivity index (χ0) is 15.7. The lowest BCUT2D eigenvalue weighted by Crippen LogP contribution is -2.26. The van der Waals surface area contributed by atoms with E-state index in [-0.39, 0.29) is 11.7 Å². The van der Waals surface area contributed by atoms with Crippen LogP contribution in [-0.2, 0) is 0 Å². The summed E-state index contributed by atoms with van der Waals surface area (Å²) in [4.78, 5) is 23.1. The molecular weight excluding hydrogens is 288 g/mol. The maximum atomic E-state index is 12.3. The summed E-state index contributed by atoms with van der Waals surface area (Å²) in [6.45, 7) is 1.69. The number of hydrogen-bond acceptors (Lipinski definition) is 5. The van der Waals surface area contributed by atoms with Crippen molar-refractivity contribution in [2.45, 2.75) is 13.0 Å². The summed E-state index contributed by atoms with van der Waals surface area (Å²) < 4.78 is 6.27. The van der Waals surface area contributed by atoms with Gasteiger partial charge in [0.05, 0.1) is 23.3 Å². The molecule has 0 saturated heterocycles. The summed E-state index contributed by atoms with van der Waals surface area (Å²) in [5.41, 5.74) is 1.44. The van der Waals surface area contributed by atoms with Crippen molar-refractivity contribution >= 4 is 17.4 Å². The number of carbonyl (C=O) groups excluding carboxylic acids is 1. The topological polar surface area (TPSA) is 110 Å². The Kier molecular flexibility index (Phi) is 3.34. The van der Waals surface area contributed by atoms with E-state index in [1.165, 1.54) is 12.3 Å². The minimum absolute atomic E-state index is 0.271. The smallest absolute Gasteiger partial charge is 0.374 e. The number of aromatic nitrogens is 3. The fraction of sp³-hybridized carbons (Fsp3) is 0.143. The molecule has 1 atom stereocenters. The quantitative estimate of drug-likeness (QED) is 0.755. The van der Waals surface area contributed by atoms with E-state index >= 15 is 0 Å². The molecule has 8 nitrogen and oxygen atoms in total. The minimum Gasteiger partial charge on any atom is -0.475 e. The summed E-state index contributed by atoms with van der Waals surface area (Å²) in [6.07, 6.45) is 3.22. The lowest BCUT2D eigenvalue weighted by atomic mass is 10.2. The van der Waals surface area contributed by atoms with Crippen molar-refractivity contribution in [3.05, 3.63) is 53.7 Å². The van der Waals surface area contributed by atoms with Crippen LogP contribution < -0.4 is 5.32 Å². The first-order valence-corrected chi connectivity index (χ1v) is 6.49. The summed E-state index contributed by atoms with van der Waals surface area (Å²) >= 11 is 0. The molecule has 112 valence electrons. The Morgan fingerprint density at radius 3 is 2.95 bits per heavy atom. The fourth-order valence-electron chi connectivity index (χ4n) is 2.05. The van der Waals surface area contributed by atoms with Crippen LogP contribution in [0.25, 0.3) is 5.52 Å². The molecule has 0 radical (unpaired) electrons. The first-order valence-electron chi connectivity index (χ1n) is 6.49. The van der Waals surface area contributed by atoms with Gasteiger partial charge in [0.25, 0.3) is 5.91 Å². The van der Waals surface area contributed by atoms with Gasteiger partial charge in [-0.1, -0.05) is 11.2 Å². The van der Waals surface area contributed by atoms with E-state index in [4.69, 9.17) is 5.11 Å². The van der Waals surface area contributed by atoms with Gasteiger partial charge in [0.1, 0.15) is 5.69 Å². The number of nitrogens with zero attached hydrogens (tertiary/aromatic N) is 3. The highest BCUT2D eigenvalue weighted by atomic mass is 16.5. The molecule has 3 aromatic heterocycles. The predicted octanol–water partition coefficient (Wildman–Crippen LogP) is 1.51. The molecule has 2 N–H and O–H groups in total. The summed E-state index contributed by atoms with van der Waals surface area (Å²) in [5, 5.41) is 19.3. The molecule has 1 amide bonds. The van der Waals surface area contributed by atoms with E-state index in [0.29, 0.717) is 16.8 Å². The van der Waals surface area contributed by atoms with Gasteiger partial charge in [0.15, 0.2) is 0 Å². The Morgan fingerprint density at radius 2 is 2.23 bits per heavy atom. The Labute approximate surface area is 124 Å². The van der Waals surface area contributed by atoms with Gasteiger partial charge in [-0.05, 0) is 19.1 Å². The predicted molar refractivity (Wildman–Crippen MR) is 74.5 cm³/mol. The highest BCUT2D eigenvalue weighted by molar-refractivity contribution is 6.00. The molecule has 1 unspecified atom stereocenters. The van der Waals surface area contributed by atoms with Crippen LogP contribution in [0, 0.1) is 0 Å². The molecule has 0 aliphatic heterocycles. The fourth-order valence-corrected chi connectivity index (χ4v) is 2.05. The normalized spacial score (nSPS) is 12.2. The van der Waals surface area contributed by atoms with Crippen molar-refractivity contribution in [3.63, 3.8) is 0 Å². The molecule has 8 heteroatoms. The van der Waals surface area contributed by atoms with Crippen LogP contribution >= 0.6 is 0 Å². The molecule has 3 rings (SSSR count). The molecule has 0 bridgehead atoms.